The van der Waals surface area contributed by atoms with E-state index in [-0.39, 0.29) is 0 Å². The summed E-state index contributed by atoms with van der Waals surface area (Å²) in [7, 11) is 1.64. The van der Waals surface area contributed by atoms with Crippen LogP contribution in [0.3, 0.4) is 0 Å². The average molecular weight is 328 g/mol. The molecule has 0 saturated carbocycles. The largest absolute Gasteiger partial charge is 0.496 e. The van der Waals surface area contributed by atoms with E-state index in [9.17, 15) is 5.26 Å². The molecule has 4 heteroatoms. The lowest BCUT2D eigenvalue weighted by Gasteiger charge is -2.22. The molecule has 3 N–H and O–H groups in total. The number of nitriles is 1. The van der Waals surface area contributed by atoms with Gasteiger partial charge < -0.3 is 4.74 Å². The molecular weight excluding hydrogens is 310 g/mol. The summed E-state index contributed by atoms with van der Waals surface area (Å²) >= 11 is 0. The minimum Gasteiger partial charge on any atom is -0.496 e. The Bertz CT molecular complexity index is 1020. The van der Waals surface area contributed by atoms with Crippen LogP contribution in [0.25, 0.3) is 22.4 Å². The van der Waals surface area contributed by atoms with Crippen molar-refractivity contribution >= 4 is 5.82 Å². The molecule has 0 bridgehead atoms. The quantitative estimate of drug-likeness (QED) is 0.783. The normalized spacial score (nSPS) is 12.0. The molecule has 0 aliphatic heterocycles. The summed E-state index contributed by atoms with van der Waals surface area (Å²) < 4.78 is 5.54. The van der Waals surface area contributed by atoms with Gasteiger partial charge in [0.25, 0.3) is 5.82 Å². The van der Waals surface area contributed by atoms with E-state index < -0.39 is 0 Å². The fourth-order valence-corrected chi connectivity index (χ4v) is 3.67. The molecule has 0 unspecified atom stereocenters. The zero-order chi connectivity index (χ0) is 17.4. The predicted octanol–water partition coefficient (Wildman–Crippen LogP) is 3.40. The first-order valence-corrected chi connectivity index (χ1v) is 8.24. The van der Waals surface area contributed by atoms with Crippen LogP contribution in [0.15, 0.2) is 48.5 Å². The summed E-state index contributed by atoms with van der Waals surface area (Å²) in [5, 5.41) is 9.73. The van der Waals surface area contributed by atoms with Crippen LogP contribution in [0.1, 0.15) is 16.7 Å². The molecule has 2 aromatic carbocycles. The number of pyridine rings is 1. The number of methoxy groups -OCH3 is 1. The Hall–Kier alpha value is -3.32. The van der Waals surface area contributed by atoms with Gasteiger partial charge in [-0.05, 0) is 24.5 Å². The molecule has 0 spiro atoms. The maximum Gasteiger partial charge on any atom is 0.289 e. The number of nitrogens with two attached hydrogens (primary N) is 1. The number of H-pyrrole nitrogens is 1. The molecular formula is C21H18N3O+. The van der Waals surface area contributed by atoms with Crippen LogP contribution in [0.2, 0.25) is 0 Å². The van der Waals surface area contributed by atoms with Gasteiger partial charge in [0.2, 0.25) is 0 Å². The van der Waals surface area contributed by atoms with Crippen LogP contribution < -0.4 is 15.5 Å². The highest BCUT2D eigenvalue weighted by Crippen LogP contribution is 2.41. The van der Waals surface area contributed by atoms with E-state index in [0.717, 1.165) is 46.5 Å². The molecule has 4 rings (SSSR count). The van der Waals surface area contributed by atoms with Gasteiger partial charge in [0.15, 0.2) is 0 Å². The predicted molar refractivity (Wildman–Crippen MR) is 97.0 cm³/mol. The lowest BCUT2D eigenvalue weighted by molar-refractivity contribution is -0.347. The second-order valence-electron chi connectivity index (χ2n) is 6.11. The summed E-state index contributed by atoms with van der Waals surface area (Å²) in [4.78, 5) is 3.27. The molecule has 0 fully saturated rings. The van der Waals surface area contributed by atoms with E-state index in [0.29, 0.717) is 11.4 Å². The Morgan fingerprint density at radius 3 is 2.52 bits per heavy atom. The van der Waals surface area contributed by atoms with Crippen LogP contribution in [0.5, 0.6) is 5.75 Å². The summed E-state index contributed by atoms with van der Waals surface area (Å²) in [6.07, 6.45) is 1.79. The van der Waals surface area contributed by atoms with Gasteiger partial charge in [0.1, 0.15) is 23.1 Å². The van der Waals surface area contributed by atoms with Crippen molar-refractivity contribution in [3.05, 3.63) is 65.2 Å². The Morgan fingerprint density at radius 2 is 1.76 bits per heavy atom. The third-order valence-electron chi connectivity index (χ3n) is 4.80. The third-order valence-corrected chi connectivity index (χ3v) is 4.80. The molecule has 1 aliphatic carbocycles. The molecule has 3 aromatic rings. The van der Waals surface area contributed by atoms with Crippen molar-refractivity contribution in [2.45, 2.75) is 12.8 Å². The van der Waals surface area contributed by atoms with Gasteiger partial charge in [0.05, 0.1) is 7.11 Å². The minimum absolute atomic E-state index is 0.388. The molecule has 0 saturated heterocycles. The van der Waals surface area contributed by atoms with Crippen LogP contribution in [-0.4, -0.2) is 7.11 Å². The number of nitrogens with zero attached hydrogens (tertiary/aromatic N) is 1. The number of rotatable bonds is 2. The van der Waals surface area contributed by atoms with Crippen LogP contribution in [-0.2, 0) is 12.8 Å². The summed E-state index contributed by atoms with van der Waals surface area (Å²) in [6.45, 7) is 0. The number of aryl methyl sites for hydroxylation is 1. The van der Waals surface area contributed by atoms with Crippen molar-refractivity contribution in [3.63, 3.8) is 0 Å². The number of para-hydroxylation sites is 1. The van der Waals surface area contributed by atoms with E-state index >= 15 is 0 Å². The van der Waals surface area contributed by atoms with Gasteiger partial charge in [-0.15, -0.1) is 0 Å². The molecule has 1 aliphatic rings. The van der Waals surface area contributed by atoms with Crippen molar-refractivity contribution in [3.8, 4) is 34.2 Å². The first-order valence-electron chi connectivity index (χ1n) is 8.24. The van der Waals surface area contributed by atoms with Gasteiger partial charge in [-0.25, -0.2) is 4.98 Å². The number of ether oxygens (including phenoxy) is 1. The fraction of sp³-hybridized carbons (Fsp3) is 0.143. The van der Waals surface area contributed by atoms with E-state index in [1.807, 2.05) is 30.3 Å². The van der Waals surface area contributed by atoms with Gasteiger partial charge >= 0.3 is 0 Å². The SMILES string of the molecule is COc1ccccc1-c1c(C#N)c(N)[nH+]c2c1CCc1ccccc1-2. The summed E-state index contributed by atoms with van der Waals surface area (Å²) in [6, 6.07) is 18.4. The van der Waals surface area contributed by atoms with Crippen LogP contribution in [0.4, 0.5) is 5.82 Å². The van der Waals surface area contributed by atoms with Gasteiger partial charge in [-0.1, -0.05) is 42.5 Å². The number of hydrogen-bond donors (Lipinski definition) is 1. The van der Waals surface area contributed by atoms with E-state index in [1.54, 1.807) is 7.11 Å². The average Bonchev–Trinajstić information content (AvgIpc) is 2.66. The number of nitrogens with one attached hydrogen (secondary N) is 1. The van der Waals surface area contributed by atoms with E-state index in [4.69, 9.17) is 10.5 Å². The Morgan fingerprint density at radius 1 is 1.04 bits per heavy atom. The lowest BCUT2D eigenvalue weighted by Crippen LogP contribution is -2.23. The molecule has 4 nitrogen and oxygen atoms in total. The van der Waals surface area contributed by atoms with Crippen molar-refractivity contribution in [2.75, 3.05) is 12.8 Å². The minimum atomic E-state index is 0.388. The molecule has 0 amide bonds. The highest BCUT2D eigenvalue weighted by Gasteiger charge is 2.28. The van der Waals surface area contributed by atoms with Crippen LogP contribution in [0, 0.1) is 11.3 Å². The molecule has 1 heterocycles. The Kier molecular flexibility index (Phi) is 3.62. The van der Waals surface area contributed by atoms with Crippen molar-refractivity contribution in [2.24, 2.45) is 0 Å². The van der Waals surface area contributed by atoms with Gasteiger partial charge in [-0.2, -0.15) is 5.26 Å². The number of anilines is 1. The van der Waals surface area contributed by atoms with E-state index in [2.05, 4.69) is 29.3 Å². The first kappa shape index (κ1) is 15.2. The number of hydrogen-bond acceptors (Lipinski definition) is 3. The molecule has 25 heavy (non-hydrogen) atoms. The molecule has 122 valence electrons. The zero-order valence-electron chi connectivity index (χ0n) is 14.0. The second kappa shape index (κ2) is 5.95. The number of aromatic amines is 1. The number of nitrogen functional groups attached to an aromatic ring is 1. The number of aromatic nitrogens is 1. The monoisotopic (exact) mass is 328 g/mol. The van der Waals surface area contributed by atoms with Crippen LogP contribution >= 0.6 is 0 Å². The third kappa shape index (κ3) is 2.33. The first-order chi connectivity index (χ1) is 12.2. The highest BCUT2D eigenvalue weighted by molar-refractivity contribution is 5.86. The molecule has 0 atom stereocenters. The lowest BCUT2D eigenvalue weighted by atomic mass is 9.83. The summed E-state index contributed by atoms with van der Waals surface area (Å²) in [5.41, 5.74) is 13.0. The smallest absolute Gasteiger partial charge is 0.289 e. The highest BCUT2D eigenvalue weighted by atomic mass is 16.5. The Labute approximate surface area is 146 Å². The van der Waals surface area contributed by atoms with E-state index in [1.165, 1.54) is 5.56 Å². The fourth-order valence-electron chi connectivity index (χ4n) is 3.67. The molecule has 0 radical (unpaired) electrons. The summed E-state index contributed by atoms with van der Waals surface area (Å²) in [5.74, 6) is 1.13. The maximum absolute atomic E-state index is 9.73. The van der Waals surface area contributed by atoms with Crippen molar-refractivity contribution in [1.29, 1.82) is 5.26 Å². The Balaban J connectivity index is 2.09. The van der Waals surface area contributed by atoms with Crippen molar-refractivity contribution < 1.29 is 9.72 Å². The number of fused-ring (bicyclic) bond motifs is 3. The maximum atomic E-state index is 9.73. The number of benzene rings is 2. The topological polar surface area (TPSA) is 73.2 Å². The molecule has 1 aromatic heterocycles. The standard InChI is InChI=1S/C21H17N3O/c1-25-18-9-5-4-8-15(18)19-16-11-10-13-6-2-3-7-14(13)20(16)24-21(23)17(19)12-22/h2-9H,10-11H2,1H3,(H2,23,24)/p+1. The van der Waals surface area contributed by atoms with Crippen molar-refractivity contribution in [1.82, 2.24) is 0 Å². The second-order valence-corrected chi connectivity index (χ2v) is 6.11. The van der Waals surface area contributed by atoms with Gasteiger partial charge in [-0.3, -0.25) is 5.73 Å². The van der Waals surface area contributed by atoms with Gasteiger partial charge in [0, 0.05) is 22.3 Å². The zero-order valence-corrected chi connectivity index (χ0v) is 14.0.